The highest BCUT2D eigenvalue weighted by Gasteiger charge is 2.17. The molecule has 0 spiro atoms. The van der Waals surface area contributed by atoms with Gasteiger partial charge >= 0.3 is 5.97 Å². The topological polar surface area (TPSA) is 61.2 Å². The van der Waals surface area contributed by atoms with E-state index >= 15 is 0 Å². The van der Waals surface area contributed by atoms with Crippen molar-refractivity contribution in [1.29, 1.82) is 0 Å². The van der Waals surface area contributed by atoms with E-state index < -0.39 is 5.97 Å². The summed E-state index contributed by atoms with van der Waals surface area (Å²) >= 11 is 0. The summed E-state index contributed by atoms with van der Waals surface area (Å²) in [7, 11) is 0. The van der Waals surface area contributed by atoms with Gasteiger partial charge in [-0.2, -0.15) is 0 Å². The van der Waals surface area contributed by atoms with Crippen LogP contribution in [-0.4, -0.2) is 27.9 Å². The third-order valence-electron chi connectivity index (χ3n) is 5.47. The maximum Gasteiger partial charge on any atom is 0.331 e. The Hall–Kier alpha value is -3.99. The zero-order chi connectivity index (χ0) is 22.5. The predicted octanol–water partition coefficient (Wildman–Crippen LogP) is 5.14. The minimum Gasteiger partial charge on any atom is -0.454 e. The Bertz CT molecular complexity index is 1300. The molecule has 0 aliphatic carbocycles. The fourth-order valence-electron chi connectivity index (χ4n) is 3.78. The van der Waals surface area contributed by atoms with Crippen LogP contribution in [0.25, 0.3) is 17.0 Å². The molecule has 0 fully saturated rings. The molecule has 0 atom stereocenters. The predicted molar refractivity (Wildman–Crippen MR) is 126 cm³/mol. The van der Waals surface area contributed by atoms with E-state index in [1.165, 1.54) is 6.08 Å². The number of pyridine rings is 1. The van der Waals surface area contributed by atoms with Crippen LogP contribution < -0.4 is 0 Å². The smallest absolute Gasteiger partial charge is 0.331 e. The number of aryl methyl sites for hydroxylation is 1. The molecule has 4 aromatic rings. The lowest BCUT2D eigenvalue weighted by Crippen LogP contribution is -2.13. The van der Waals surface area contributed by atoms with Gasteiger partial charge in [-0.05, 0) is 37.6 Å². The summed E-state index contributed by atoms with van der Waals surface area (Å²) < 4.78 is 7.30. The van der Waals surface area contributed by atoms with Crippen LogP contribution in [-0.2, 0) is 16.1 Å². The molecule has 0 amide bonds. The fourth-order valence-corrected chi connectivity index (χ4v) is 3.78. The fraction of sp³-hybridized carbons (Fsp3) is 0.148. The second kappa shape index (κ2) is 9.43. The van der Waals surface area contributed by atoms with Gasteiger partial charge in [-0.15, -0.1) is 0 Å². The van der Waals surface area contributed by atoms with E-state index in [1.54, 1.807) is 12.3 Å². The largest absolute Gasteiger partial charge is 0.454 e. The van der Waals surface area contributed by atoms with Gasteiger partial charge in [0, 0.05) is 46.7 Å². The second-order valence-electron chi connectivity index (χ2n) is 7.64. The van der Waals surface area contributed by atoms with Crippen molar-refractivity contribution in [2.45, 2.75) is 20.4 Å². The normalized spacial score (nSPS) is 11.2. The molecule has 0 saturated heterocycles. The van der Waals surface area contributed by atoms with Crippen LogP contribution in [0.2, 0.25) is 0 Å². The second-order valence-corrected chi connectivity index (χ2v) is 7.64. The maximum atomic E-state index is 12.7. The standard InChI is InChI=1S/C27H24N2O3/c1-19-16-24(20(2)29(19)17-21-8-4-3-5-9-21)25(30)18-32-26(31)14-13-23-11-6-10-22-12-7-15-28-27(22)23/h3-16H,17-18H2,1-2H3/b14-13+. The van der Waals surface area contributed by atoms with Crippen molar-refractivity contribution in [3.63, 3.8) is 0 Å². The van der Waals surface area contributed by atoms with Crippen LogP contribution in [0, 0.1) is 13.8 Å². The van der Waals surface area contributed by atoms with Crippen molar-refractivity contribution < 1.29 is 14.3 Å². The van der Waals surface area contributed by atoms with Gasteiger partial charge in [-0.3, -0.25) is 9.78 Å². The number of Topliss-reactive ketones (excluding diaryl/α,β-unsaturated/α-hetero) is 1. The maximum absolute atomic E-state index is 12.7. The molecule has 5 nitrogen and oxygen atoms in total. The SMILES string of the molecule is Cc1cc(C(=O)COC(=O)/C=C/c2cccc3cccnc23)c(C)n1Cc1ccccc1. The lowest BCUT2D eigenvalue weighted by Gasteiger charge is -2.10. The Labute approximate surface area is 187 Å². The number of hydrogen-bond acceptors (Lipinski definition) is 4. The van der Waals surface area contributed by atoms with E-state index in [9.17, 15) is 9.59 Å². The first-order valence-corrected chi connectivity index (χ1v) is 10.5. The van der Waals surface area contributed by atoms with E-state index in [-0.39, 0.29) is 12.4 Å². The first-order chi connectivity index (χ1) is 15.5. The zero-order valence-corrected chi connectivity index (χ0v) is 18.1. The van der Waals surface area contributed by atoms with Crippen molar-refractivity contribution in [2.24, 2.45) is 0 Å². The Morgan fingerprint density at radius 2 is 1.78 bits per heavy atom. The Morgan fingerprint density at radius 1 is 1.00 bits per heavy atom. The van der Waals surface area contributed by atoms with E-state index in [0.717, 1.165) is 33.4 Å². The molecule has 4 rings (SSSR count). The number of rotatable bonds is 7. The minimum absolute atomic E-state index is 0.217. The highest BCUT2D eigenvalue weighted by atomic mass is 16.5. The minimum atomic E-state index is -0.565. The molecule has 0 saturated carbocycles. The number of esters is 1. The van der Waals surface area contributed by atoms with Gasteiger partial charge in [0.2, 0.25) is 5.78 Å². The van der Waals surface area contributed by atoms with Gasteiger partial charge in [0.05, 0.1) is 5.52 Å². The summed E-state index contributed by atoms with van der Waals surface area (Å²) in [5, 5.41) is 0.990. The van der Waals surface area contributed by atoms with Crippen molar-refractivity contribution in [3.8, 4) is 0 Å². The van der Waals surface area contributed by atoms with Crippen LogP contribution >= 0.6 is 0 Å². The summed E-state index contributed by atoms with van der Waals surface area (Å²) in [6.07, 6.45) is 4.70. The first-order valence-electron chi connectivity index (χ1n) is 10.5. The number of ether oxygens (including phenoxy) is 1. The third kappa shape index (κ3) is 4.67. The van der Waals surface area contributed by atoms with Gasteiger partial charge in [0.1, 0.15) is 0 Å². The first kappa shape index (κ1) is 21.2. The monoisotopic (exact) mass is 424 g/mol. The van der Waals surface area contributed by atoms with Gasteiger partial charge in [0.15, 0.2) is 6.61 Å². The number of carbonyl (C=O) groups excluding carboxylic acids is 2. The van der Waals surface area contributed by atoms with Crippen molar-refractivity contribution in [1.82, 2.24) is 9.55 Å². The summed E-state index contributed by atoms with van der Waals surface area (Å²) in [5.41, 5.74) is 5.22. The molecule has 2 aromatic heterocycles. The van der Waals surface area contributed by atoms with Gasteiger partial charge < -0.3 is 9.30 Å². The number of fused-ring (bicyclic) bond motifs is 1. The Balaban J connectivity index is 1.41. The lowest BCUT2D eigenvalue weighted by atomic mass is 10.1. The summed E-state index contributed by atoms with van der Waals surface area (Å²) in [6.45, 7) is 4.28. The van der Waals surface area contributed by atoms with Gasteiger partial charge in [-0.25, -0.2) is 4.79 Å². The van der Waals surface area contributed by atoms with Crippen LogP contribution in [0.15, 0.2) is 79.0 Å². The highest BCUT2D eigenvalue weighted by Crippen LogP contribution is 2.19. The van der Waals surface area contributed by atoms with Crippen molar-refractivity contribution in [2.75, 3.05) is 6.61 Å². The molecular formula is C27H24N2O3. The van der Waals surface area contributed by atoms with Gasteiger partial charge in [0.25, 0.3) is 0 Å². The number of aromatic nitrogens is 2. The van der Waals surface area contributed by atoms with Crippen molar-refractivity contribution in [3.05, 3.63) is 107 Å². The van der Waals surface area contributed by atoms with Crippen LogP contribution in [0.5, 0.6) is 0 Å². The number of carbonyl (C=O) groups is 2. The van der Waals surface area contributed by atoms with Crippen LogP contribution in [0.4, 0.5) is 0 Å². The Morgan fingerprint density at radius 3 is 2.59 bits per heavy atom. The number of nitrogens with zero attached hydrogens (tertiary/aromatic N) is 2. The zero-order valence-electron chi connectivity index (χ0n) is 18.1. The molecule has 0 radical (unpaired) electrons. The highest BCUT2D eigenvalue weighted by molar-refractivity contribution is 6.00. The number of hydrogen-bond donors (Lipinski definition) is 0. The molecule has 2 heterocycles. The van der Waals surface area contributed by atoms with E-state index in [4.69, 9.17) is 4.74 Å². The number of para-hydroxylation sites is 1. The number of benzene rings is 2. The van der Waals surface area contributed by atoms with Crippen molar-refractivity contribution >= 4 is 28.7 Å². The summed E-state index contributed by atoms with van der Waals surface area (Å²) in [5.74, 6) is -0.782. The average molecular weight is 425 g/mol. The molecule has 2 aromatic carbocycles. The Kier molecular flexibility index (Phi) is 6.26. The molecule has 0 N–H and O–H groups in total. The molecule has 5 heteroatoms. The number of ketones is 1. The molecule has 32 heavy (non-hydrogen) atoms. The lowest BCUT2D eigenvalue weighted by molar-refractivity contribution is -0.136. The van der Waals surface area contributed by atoms with Crippen LogP contribution in [0.1, 0.15) is 32.9 Å². The summed E-state index contributed by atoms with van der Waals surface area (Å²) in [4.78, 5) is 29.3. The quantitative estimate of drug-likeness (QED) is 0.234. The van der Waals surface area contributed by atoms with Gasteiger partial charge in [-0.1, -0.05) is 54.6 Å². The molecule has 0 aliphatic heterocycles. The molecule has 160 valence electrons. The molecule has 0 aliphatic rings. The van der Waals surface area contributed by atoms with E-state index in [1.807, 2.05) is 68.4 Å². The summed E-state index contributed by atoms with van der Waals surface area (Å²) in [6, 6.07) is 21.5. The van der Waals surface area contributed by atoms with Crippen LogP contribution in [0.3, 0.4) is 0 Å². The average Bonchev–Trinajstić information content (AvgIpc) is 3.10. The molecule has 0 unspecified atom stereocenters. The molecule has 0 bridgehead atoms. The van der Waals surface area contributed by atoms with E-state index in [0.29, 0.717) is 12.1 Å². The van der Waals surface area contributed by atoms with E-state index in [2.05, 4.69) is 21.7 Å². The molecular weight excluding hydrogens is 400 g/mol. The third-order valence-corrected chi connectivity index (χ3v) is 5.47.